The fraction of sp³-hybridized carbons (Fsp3) is 0.133. The van der Waals surface area contributed by atoms with E-state index in [0.717, 1.165) is 45.5 Å². The molecule has 7 heteroatoms. The van der Waals surface area contributed by atoms with Crippen LogP contribution in [0.2, 0.25) is 0 Å². The Morgan fingerprint density at radius 2 is 0.928 bits per heavy atom. The number of hydrogen-bond acceptors (Lipinski definition) is 5. The third-order valence-corrected chi connectivity index (χ3v) is 23.5. The lowest BCUT2D eigenvalue weighted by atomic mass is 9.36. The summed E-state index contributed by atoms with van der Waals surface area (Å²) in [5.74, 6) is 0. The number of aromatic nitrogens is 1. The SMILES string of the molecule is CC(C)(C)c1ccc(N2c3cc(-n4c5ccccc5c5ccccc54)cc4c3B(c3ccc(N(c5ccccc5)c5cccc6sc7ccccc7c56)cc3N4c3ccc(C(C)(C)C)cc3-c3ccc4ccc5cccc6ccc3c4c56)c3sc4ccc(C(C)(C)C)cc4c32)cc1. The summed E-state index contributed by atoms with van der Waals surface area (Å²) >= 11 is 3.84. The molecule has 2 aliphatic rings. The van der Waals surface area contributed by atoms with Crippen LogP contribution in [0, 0.1) is 0 Å². The van der Waals surface area contributed by atoms with Gasteiger partial charge in [0, 0.05) is 85.5 Å². The minimum absolute atomic E-state index is 0.0406. The van der Waals surface area contributed by atoms with E-state index in [-0.39, 0.29) is 23.0 Å². The van der Waals surface area contributed by atoms with E-state index in [9.17, 15) is 0 Å². The molecule has 0 radical (unpaired) electrons. The van der Waals surface area contributed by atoms with Crippen LogP contribution in [0.15, 0.2) is 267 Å². The molecule has 5 heterocycles. The Bertz CT molecular complexity index is 6040. The number of thiophene rings is 2. The first-order valence-corrected chi connectivity index (χ1v) is 35.8. The van der Waals surface area contributed by atoms with Gasteiger partial charge in [0.05, 0.1) is 33.8 Å². The lowest BCUT2D eigenvalue weighted by Crippen LogP contribution is -2.60. The minimum Gasteiger partial charge on any atom is -0.311 e. The molecule has 0 bridgehead atoms. The van der Waals surface area contributed by atoms with Crippen LogP contribution in [0.25, 0.3) is 101 Å². The molecule has 466 valence electrons. The standard InChI is InChI=1S/C90H71BN4S2/c1-88(2,3)57-37-41-61(42-38-57)94-77-52-63(93-72-28-16-13-25-65(72)66-26-14-17-29-73(66)93)53-78-85(77)91(87-86(94)70-50-59(90(7,8)9)40-48-80(70)97-87)71-46-43-62(92(60-23-11-10-12-24-60)75-30-20-32-81-84(75)68-27-15-18-31-79(68)96-81)51-76(71)95(78)74-47-39-58(89(4,5)6)49-69(74)64-44-35-56-34-33-54-21-19-22-55-36-45-67(64)83(56)82(54)55/h10-53H,1-9H3. The fourth-order valence-electron chi connectivity index (χ4n) is 16.4. The maximum Gasteiger partial charge on any atom is 0.264 e. The third-order valence-electron chi connectivity index (χ3n) is 21.1. The quantitative estimate of drug-likeness (QED) is 0.117. The Hall–Kier alpha value is -10.4. The second kappa shape index (κ2) is 21.0. The number of benzene rings is 14. The molecule has 19 rings (SSSR count). The number of fused-ring (bicyclic) bond motifs is 12. The first kappa shape index (κ1) is 58.0. The molecular formula is C90H71BN4S2. The van der Waals surface area contributed by atoms with Gasteiger partial charge in [-0.15, -0.1) is 22.7 Å². The monoisotopic (exact) mass is 1280 g/mol. The molecule has 0 N–H and O–H groups in total. The van der Waals surface area contributed by atoms with Crippen molar-refractivity contribution in [2.45, 2.75) is 78.6 Å². The highest BCUT2D eigenvalue weighted by Gasteiger charge is 2.47. The van der Waals surface area contributed by atoms with Crippen LogP contribution < -0.4 is 30.4 Å². The van der Waals surface area contributed by atoms with Gasteiger partial charge in [-0.2, -0.15) is 0 Å². The summed E-state index contributed by atoms with van der Waals surface area (Å²) in [7, 11) is 0. The van der Waals surface area contributed by atoms with Crippen molar-refractivity contribution >= 4 is 181 Å². The summed E-state index contributed by atoms with van der Waals surface area (Å²) in [5.41, 5.74) is 22.3. The van der Waals surface area contributed by atoms with E-state index in [1.807, 2.05) is 22.7 Å². The van der Waals surface area contributed by atoms with E-state index in [0.29, 0.717) is 0 Å². The van der Waals surface area contributed by atoms with Crippen LogP contribution in [0.5, 0.6) is 0 Å². The van der Waals surface area contributed by atoms with Gasteiger partial charge < -0.3 is 19.3 Å². The average Bonchev–Trinajstić information content (AvgIpc) is 1.68. The van der Waals surface area contributed by atoms with Gasteiger partial charge >= 0.3 is 0 Å². The summed E-state index contributed by atoms with van der Waals surface area (Å²) in [6.45, 7) is 20.9. The van der Waals surface area contributed by atoms with Gasteiger partial charge in [0.15, 0.2) is 0 Å². The predicted octanol–water partition coefficient (Wildman–Crippen LogP) is 24.4. The molecule has 0 atom stereocenters. The van der Waals surface area contributed by atoms with Crippen molar-refractivity contribution in [1.29, 1.82) is 0 Å². The lowest BCUT2D eigenvalue weighted by Gasteiger charge is -2.44. The smallest absolute Gasteiger partial charge is 0.264 e. The van der Waals surface area contributed by atoms with Crippen molar-refractivity contribution in [3.63, 3.8) is 0 Å². The topological polar surface area (TPSA) is 14.7 Å². The van der Waals surface area contributed by atoms with E-state index in [4.69, 9.17) is 0 Å². The normalized spacial score (nSPS) is 13.4. The summed E-state index contributed by atoms with van der Waals surface area (Å²) < 4.78 is 7.73. The fourth-order valence-corrected chi connectivity index (χ4v) is 18.8. The largest absolute Gasteiger partial charge is 0.311 e. The molecule has 0 fully saturated rings. The second-order valence-electron chi connectivity index (χ2n) is 30.1. The van der Waals surface area contributed by atoms with Crippen LogP contribution >= 0.6 is 22.7 Å². The number of para-hydroxylation sites is 3. The van der Waals surface area contributed by atoms with E-state index < -0.39 is 0 Å². The molecule has 14 aromatic carbocycles. The van der Waals surface area contributed by atoms with Crippen LogP contribution in [-0.4, -0.2) is 11.3 Å². The van der Waals surface area contributed by atoms with E-state index >= 15 is 0 Å². The van der Waals surface area contributed by atoms with E-state index in [1.54, 1.807) is 0 Å². The molecule has 97 heavy (non-hydrogen) atoms. The zero-order valence-corrected chi connectivity index (χ0v) is 57.7. The van der Waals surface area contributed by atoms with Gasteiger partial charge in [0.1, 0.15) is 0 Å². The zero-order valence-electron chi connectivity index (χ0n) is 56.1. The van der Waals surface area contributed by atoms with Gasteiger partial charge in [-0.1, -0.05) is 226 Å². The maximum absolute atomic E-state index is 2.71. The molecule has 3 aromatic heterocycles. The highest BCUT2D eigenvalue weighted by Crippen LogP contribution is 2.55. The molecule has 0 saturated carbocycles. The van der Waals surface area contributed by atoms with Crippen molar-refractivity contribution in [3.8, 4) is 16.8 Å². The highest BCUT2D eigenvalue weighted by molar-refractivity contribution is 7.33. The second-order valence-corrected chi connectivity index (χ2v) is 32.2. The number of hydrogen-bond donors (Lipinski definition) is 0. The molecule has 0 spiro atoms. The average molecular weight is 1280 g/mol. The van der Waals surface area contributed by atoms with Gasteiger partial charge in [-0.05, 0) is 185 Å². The van der Waals surface area contributed by atoms with Gasteiger partial charge in [0.25, 0.3) is 6.71 Å². The number of rotatable bonds is 7. The van der Waals surface area contributed by atoms with Crippen LogP contribution in [-0.2, 0) is 16.2 Å². The first-order valence-electron chi connectivity index (χ1n) is 34.2. The Kier molecular flexibility index (Phi) is 12.6. The third kappa shape index (κ3) is 8.80. The Balaban J connectivity index is 0.984. The van der Waals surface area contributed by atoms with Crippen LogP contribution in [0.1, 0.15) is 79.0 Å². The van der Waals surface area contributed by atoms with E-state index in [1.165, 1.54) is 139 Å². The molecule has 0 unspecified atom stereocenters. The van der Waals surface area contributed by atoms with Crippen LogP contribution in [0.4, 0.5) is 51.2 Å². The highest BCUT2D eigenvalue weighted by atomic mass is 32.1. The van der Waals surface area contributed by atoms with Gasteiger partial charge in [-0.3, -0.25) is 0 Å². The Labute approximate surface area is 574 Å². The summed E-state index contributed by atoms with van der Waals surface area (Å²) in [6, 6.07) is 103. The number of anilines is 9. The van der Waals surface area contributed by atoms with Crippen molar-refractivity contribution in [2.75, 3.05) is 14.7 Å². The predicted molar refractivity (Wildman–Crippen MR) is 423 cm³/mol. The van der Waals surface area contributed by atoms with Crippen molar-refractivity contribution < 1.29 is 0 Å². The molecule has 4 nitrogen and oxygen atoms in total. The van der Waals surface area contributed by atoms with Crippen molar-refractivity contribution in [1.82, 2.24) is 4.57 Å². The first-order chi connectivity index (χ1) is 47.0. The van der Waals surface area contributed by atoms with Crippen molar-refractivity contribution in [2.24, 2.45) is 0 Å². The van der Waals surface area contributed by atoms with Crippen LogP contribution in [0.3, 0.4) is 0 Å². The van der Waals surface area contributed by atoms with Gasteiger partial charge in [0.2, 0.25) is 0 Å². The number of nitrogens with zero attached hydrogens (tertiary/aromatic N) is 4. The minimum atomic E-state index is -0.165. The summed E-state index contributed by atoms with van der Waals surface area (Å²) in [4.78, 5) is 7.92. The zero-order chi connectivity index (χ0) is 65.5. The molecule has 0 aliphatic carbocycles. The van der Waals surface area contributed by atoms with Crippen molar-refractivity contribution in [3.05, 3.63) is 284 Å². The summed E-state index contributed by atoms with van der Waals surface area (Å²) in [5, 5.41) is 13.9. The molecule has 2 aliphatic heterocycles. The molecular weight excluding hydrogens is 1210 g/mol. The Morgan fingerprint density at radius 1 is 0.340 bits per heavy atom. The molecule has 17 aromatic rings. The van der Waals surface area contributed by atoms with E-state index in [2.05, 4.69) is 349 Å². The lowest BCUT2D eigenvalue weighted by molar-refractivity contribution is 0.590. The Morgan fingerprint density at radius 3 is 1.65 bits per heavy atom. The molecule has 0 amide bonds. The summed E-state index contributed by atoms with van der Waals surface area (Å²) in [6.07, 6.45) is 0. The van der Waals surface area contributed by atoms with Gasteiger partial charge in [-0.25, -0.2) is 0 Å². The maximum atomic E-state index is 2.71. The molecule has 0 saturated heterocycles.